The van der Waals surface area contributed by atoms with Gasteiger partial charge >= 0.3 is 5.97 Å². The molecule has 1 heterocycles. The van der Waals surface area contributed by atoms with Crippen molar-refractivity contribution < 1.29 is 23.1 Å². The Morgan fingerprint density at radius 2 is 1.85 bits per heavy atom. The van der Waals surface area contributed by atoms with Crippen LogP contribution in [0.1, 0.15) is 17.0 Å². The summed E-state index contributed by atoms with van der Waals surface area (Å²) in [5.41, 5.74) is 2.12. The number of aromatic nitrogens is 1. The van der Waals surface area contributed by atoms with Crippen LogP contribution in [0.3, 0.4) is 0 Å². The molecule has 138 valence electrons. The quantitative estimate of drug-likeness (QED) is 0.466. The number of oxazole rings is 1. The third kappa shape index (κ3) is 4.61. The van der Waals surface area contributed by atoms with E-state index in [1.54, 1.807) is 24.3 Å². The van der Waals surface area contributed by atoms with Crippen molar-refractivity contribution >= 4 is 12.0 Å². The maximum atomic E-state index is 13.5. The van der Waals surface area contributed by atoms with E-state index in [0.29, 0.717) is 28.7 Å². The number of ether oxygens (including phenoxy) is 2. The van der Waals surface area contributed by atoms with Crippen LogP contribution in [0.2, 0.25) is 0 Å². The summed E-state index contributed by atoms with van der Waals surface area (Å²) in [5.74, 6) is -0.141. The van der Waals surface area contributed by atoms with Gasteiger partial charge in [-0.3, -0.25) is 0 Å². The summed E-state index contributed by atoms with van der Waals surface area (Å²) in [7, 11) is 1.13. The molecule has 0 radical (unpaired) electrons. The van der Waals surface area contributed by atoms with Crippen molar-refractivity contribution in [1.82, 2.24) is 4.98 Å². The zero-order chi connectivity index (χ0) is 19.2. The smallest absolute Gasteiger partial charge is 0.366 e. The van der Waals surface area contributed by atoms with E-state index in [-0.39, 0.29) is 6.61 Å². The predicted molar refractivity (Wildman–Crippen MR) is 98.6 cm³/mol. The lowest BCUT2D eigenvalue weighted by atomic mass is 10.2. The van der Waals surface area contributed by atoms with Crippen LogP contribution in [0.25, 0.3) is 17.5 Å². The van der Waals surface area contributed by atoms with Crippen LogP contribution in [-0.4, -0.2) is 18.1 Å². The van der Waals surface area contributed by atoms with Gasteiger partial charge in [0.25, 0.3) is 0 Å². The second kappa shape index (κ2) is 8.31. The second-order valence-corrected chi connectivity index (χ2v) is 5.73. The number of hydrogen-bond donors (Lipinski definition) is 0. The molecule has 0 saturated heterocycles. The lowest BCUT2D eigenvalue weighted by Gasteiger charge is -2.05. The molecule has 0 bridgehead atoms. The fourth-order valence-electron chi connectivity index (χ4n) is 2.38. The highest BCUT2D eigenvalue weighted by Gasteiger charge is 2.12. The standard InChI is InChI=1S/C21H18FNO4/c1-14-19(23-20(27-14)16-6-4-3-5-7-16)13-26-17-10-8-15(9-11-17)12-18(22)21(24)25-2/h3-12H,13H2,1-2H3. The van der Waals surface area contributed by atoms with Gasteiger partial charge in [-0.25, -0.2) is 9.78 Å². The largest absolute Gasteiger partial charge is 0.487 e. The Balaban J connectivity index is 1.65. The summed E-state index contributed by atoms with van der Waals surface area (Å²) in [4.78, 5) is 15.6. The molecule has 2 aromatic carbocycles. The van der Waals surface area contributed by atoms with Gasteiger partial charge in [0, 0.05) is 5.56 Å². The molecule has 0 aliphatic rings. The van der Waals surface area contributed by atoms with E-state index >= 15 is 0 Å². The highest BCUT2D eigenvalue weighted by Crippen LogP contribution is 2.23. The third-order valence-corrected chi connectivity index (χ3v) is 3.84. The average Bonchev–Trinajstić information content (AvgIpc) is 3.08. The van der Waals surface area contributed by atoms with Gasteiger partial charge in [0.1, 0.15) is 23.8 Å². The molecule has 0 spiro atoms. The van der Waals surface area contributed by atoms with Crippen LogP contribution >= 0.6 is 0 Å². The first-order valence-electron chi connectivity index (χ1n) is 8.27. The third-order valence-electron chi connectivity index (χ3n) is 3.84. The van der Waals surface area contributed by atoms with Crippen molar-refractivity contribution in [3.63, 3.8) is 0 Å². The lowest BCUT2D eigenvalue weighted by molar-refractivity contribution is -0.137. The Morgan fingerprint density at radius 3 is 2.52 bits per heavy atom. The molecular formula is C21H18FNO4. The SMILES string of the molecule is COC(=O)C(F)=Cc1ccc(OCc2nc(-c3ccccc3)oc2C)cc1. The van der Waals surface area contributed by atoms with E-state index < -0.39 is 11.8 Å². The van der Waals surface area contributed by atoms with Crippen molar-refractivity contribution in [3.8, 4) is 17.2 Å². The van der Waals surface area contributed by atoms with Crippen LogP contribution in [0.15, 0.2) is 64.8 Å². The zero-order valence-electron chi connectivity index (χ0n) is 14.9. The van der Waals surface area contributed by atoms with Gasteiger partial charge in [-0.2, -0.15) is 4.39 Å². The van der Waals surface area contributed by atoms with Crippen LogP contribution in [0.5, 0.6) is 5.75 Å². The van der Waals surface area contributed by atoms with Gasteiger partial charge in [0.2, 0.25) is 11.7 Å². The lowest BCUT2D eigenvalue weighted by Crippen LogP contribution is -2.00. The summed E-state index contributed by atoms with van der Waals surface area (Å²) in [6.45, 7) is 2.08. The predicted octanol–water partition coefficient (Wildman–Crippen LogP) is 4.71. The minimum atomic E-state index is -1.01. The van der Waals surface area contributed by atoms with Crippen LogP contribution in [0, 0.1) is 6.92 Å². The molecule has 0 aliphatic carbocycles. The van der Waals surface area contributed by atoms with E-state index in [9.17, 15) is 9.18 Å². The number of carbonyl (C=O) groups excluding carboxylic acids is 1. The Kier molecular flexibility index (Phi) is 5.66. The van der Waals surface area contributed by atoms with E-state index in [1.165, 1.54) is 0 Å². The summed E-state index contributed by atoms with van der Waals surface area (Å²) in [5, 5.41) is 0. The summed E-state index contributed by atoms with van der Waals surface area (Å²) in [6.07, 6.45) is 1.10. The van der Waals surface area contributed by atoms with Crippen molar-refractivity contribution in [3.05, 3.63) is 77.4 Å². The zero-order valence-corrected chi connectivity index (χ0v) is 14.9. The fourth-order valence-corrected chi connectivity index (χ4v) is 2.38. The summed E-state index contributed by atoms with van der Waals surface area (Å²) >= 11 is 0. The first-order chi connectivity index (χ1) is 13.1. The molecule has 5 nitrogen and oxygen atoms in total. The van der Waals surface area contributed by atoms with Crippen LogP contribution < -0.4 is 4.74 Å². The van der Waals surface area contributed by atoms with Crippen molar-refractivity contribution in [1.29, 1.82) is 0 Å². The highest BCUT2D eigenvalue weighted by atomic mass is 19.1. The molecule has 0 N–H and O–H groups in total. The van der Waals surface area contributed by atoms with Crippen molar-refractivity contribution in [2.75, 3.05) is 7.11 Å². The summed E-state index contributed by atoms with van der Waals surface area (Å²) in [6, 6.07) is 16.3. The van der Waals surface area contributed by atoms with Gasteiger partial charge in [-0.15, -0.1) is 0 Å². The molecule has 0 saturated carbocycles. The van der Waals surface area contributed by atoms with Crippen LogP contribution in [0.4, 0.5) is 4.39 Å². The number of methoxy groups -OCH3 is 1. The molecule has 0 unspecified atom stereocenters. The summed E-state index contributed by atoms with van der Waals surface area (Å²) < 4.78 is 29.2. The van der Waals surface area contributed by atoms with Gasteiger partial charge < -0.3 is 13.9 Å². The van der Waals surface area contributed by atoms with Crippen molar-refractivity contribution in [2.45, 2.75) is 13.5 Å². The Morgan fingerprint density at radius 1 is 1.15 bits per heavy atom. The molecular weight excluding hydrogens is 349 g/mol. The van der Waals surface area contributed by atoms with E-state index in [4.69, 9.17) is 9.15 Å². The number of halogens is 1. The van der Waals surface area contributed by atoms with Gasteiger partial charge in [-0.05, 0) is 42.8 Å². The van der Waals surface area contributed by atoms with Gasteiger partial charge in [-0.1, -0.05) is 30.3 Å². The maximum absolute atomic E-state index is 13.5. The number of benzene rings is 2. The Hall–Kier alpha value is -3.41. The molecule has 6 heteroatoms. The Labute approximate surface area is 156 Å². The first-order valence-corrected chi connectivity index (χ1v) is 8.27. The number of rotatable bonds is 6. The second-order valence-electron chi connectivity index (χ2n) is 5.73. The number of aryl methyl sites for hydroxylation is 1. The molecule has 0 aliphatic heterocycles. The molecule has 0 fully saturated rings. The molecule has 0 amide bonds. The molecule has 3 rings (SSSR count). The fraction of sp³-hybridized carbons (Fsp3) is 0.143. The molecule has 1 aromatic heterocycles. The van der Waals surface area contributed by atoms with Gasteiger partial charge in [0.05, 0.1) is 7.11 Å². The minimum Gasteiger partial charge on any atom is -0.487 e. The van der Waals surface area contributed by atoms with Crippen LogP contribution in [-0.2, 0) is 16.1 Å². The van der Waals surface area contributed by atoms with E-state index in [0.717, 1.165) is 18.7 Å². The molecule has 3 aromatic rings. The van der Waals surface area contributed by atoms with E-state index in [1.807, 2.05) is 37.3 Å². The van der Waals surface area contributed by atoms with Gasteiger partial charge in [0.15, 0.2) is 0 Å². The molecule has 0 atom stereocenters. The maximum Gasteiger partial charge on any atom is 0.366 e. The first kappa shape index (κ1) is 18.4. The Bertz CT molecular complexity index is 946. The normalized spacial score (nSPS) is 11.3. The van der Waals surface area contributed by atoms with E-state index in [2.05, 4.69) is 9.72 Å². The topological polar surface area (TPSA) is 61.6 Å². The average molecular weight is 367 g/mol. The molecule has 27 heavy (non-hydrogen) atoms. The number of nitrogens with zero attached hydrogens (tertiary/aromatic N) is 1. The number of carbonyl (C=O) groups is 1. The monoisotopic (exact) mass is 367 g/mol. The van der Waals surface area contributed by atoms with Crippen molar-refractivity contribution in [2.24, 2.45) is 0 Å². The minimum absolute atomic E-state index is 0.244. The number of esters is 1. The number of hydrogen-bond acceptors (Lipinski definition) is 5. The highest BCUT2D eigenvalue weighted by molar-refractivity contribution is 5.91.